The number of hydrogen-bond acceptors (Lipinski definition) is 4. The smallest absolute Gasteiger partial charge is 0.221 e. The fraction of sp³-hybridized carbons (Fsp3) is 0.471. The second kappa shape index (κ2) is 6.41. The van der Waals surface area contributed by atoms with Crippen molar-refractivity contribution >= 4 is 10.8 Å². The van der Waals surface area contributed by atoms with Gasteiger partial charge < -0.3 is 15.0 Å². The number of benzene rings is 1. The minimum absolute atomic E-state index is 0.284. The highest BCUT2D eigenvalue weighted by Crippen LogP contribution is 2.28. The van der Waals surface area contributed by atoms with E-state index in [1.807, 2.05) is 13.2 Å². The zero-order valence-corrected chi connectivity index (χ0v) is 12.8. The number of rotatable bonds is 4. The van der Waals surface area contributed by atoms with Gasteiger partial charge in [0.1, 0.15) is 6.10 Å². The van der Waals surface area contributed by atoms with Crippen LogP contribution in [0, 0.1) is 0 Å². The Labute approximate surface area is 126 Å². The van der Waals surface area contributed by atoms with Crippen LogP contribution in [0.3, 0.4) is 0 Å². The zero-order chi connectivity index (χ0) is 14.7. The Kier molecular flexibility index (Phi) is 4.36. The summed E-state index contributed by atoms with van der Waals surface area (Å²) >= 11 is 0. The van der Waals surface area contributed by atoms with Crippen LogP contribution >= 0.6 is 0 Å². The third-order valence-corrected chi connectivity index (χ3v) is 4.15. The van der Waals surface area contributed by atoms with E-state index in [0.29, 0.717) is 0 Å². The molecule has 4 nitrogen and oxygen atoms in total. The molecular weight excluding hydrogens is 262 g/mol. The number of hydrogen-bond donors (Lipinski definition) is 1. The average Bonchev–Trinajstić information content (AvgIpc) is 2.52. The molecule has 0 radical (unpaired) electrons. The molecule has 1 aromatic heterocycles. The molecule has 1 fully saturated rings. The van der Waals surface area contributed by atoms with Gasteiger partial charge in [0, 0.05) is 31.2 Å². The van der Waals surface area contributed by atoms with Gasteiger partial charge >= 0.3 is 0 Å². The van der Waals surface area contributed by atoms with Gasteiger partial charge in [-0.2, -0.15) is 0 Å². The summed E-state index contributed by atoms with van der Waals surface area (Å²) in [6.45, 7) is 3.02. The summed E-state index contributed by atoms with van der Waals surface area (Å²) in [5.41, 5.74) is 1.21. The summed E-state index contributed by atoms with van der Waals surface area (Å²) in [5, 5.41) is 5.54. The van der Waals surface area contributed by atoms with Gasteiger partial charge in [0.2, 0.25) is 5.88 Å². The molecule has 1 N–H and O–H groups in total. The average molecular weight is 285 g/mol. The molecule has 0 amide bonds. The molecule has 2 heterocycles. The van der Waals surface area contributed by atoms with Crippen molar-refractivity contribution in [3.63, 3.8) is 0 Å². The third-order valence-electron chi connectivity index (χ3n) is 4.15. The van der Waals surface area contributed by atoms with E-state index in [-0.39, 0.29) is 6.10 Å². The highest BCUT2D eigenvalue weighted by molar-refractivity contribution is 5.89. The van der Waals surface area contributed by atoms with Crippen LogP contribution in [-0.4, -0.2) is 43.2 Å². The molecule has 0 aliphatic carbocycles. The summed E-state index contributed by atoms with van der Waals surface area (Å²) in [5.74, 6) is 0.778. The molecule has 0 bridgehead atoms. The van der Waals surface area contributed by atoms with E-state index < -0.39 is 0 Å². The van der Waals surface area contributed by atoms with E-state index in [1.165, 1.54) is 10.9 Å². The lowest BCUT2D eigenvalue weighted by molar-refractivity contribution is 0.111. The first-order chi connectivity index (χ1) is 10.3. The summed E-state index contributed by atoms with van der Waals surface area (Å²) < 4.78 is 6.19. The molecule has 1 aromatic carbocycles. The maximum Gasteiger partial charge on any atom is 0.221 e. The van der Waals surface area contributed by atoms with Crippen molar-refractivity contribution in [1.82, 2.24) is 15.2 Å². The zero-order valence-electron chi connectivity index (χ0n) is 12.8. The van der Waals surface area contributed by atoms with Crippen molar-refractivity contribution in [2.75, 3.05) is 27.2 Å². The lowest BCUT2D eigenvalue weighted by Gasteiger charge is -2.29. The van der Waals surface area contributed by atoms with E-state index in [4.69, 9.17) is 4.74 Å². The predicted molar refractivity (Wildman–Crippen MR) is 85.7 cm³/mol. The van der Waals surface area contributed by atoms with Gasteiger partial charge in [-0.05, 0) is 44.0 Å². The Balaban J connectivity index is 1.87. The highest BCUT2D eigenvalue weighted by Gasteiger charge is 2.19. The molecule has 3 rings (SSSR count). The fourth-order valence-corrected chi connectivity index (χ4v) is 2.91. The lowest BCUT2D eigenvalue weighted by atomic mass is 10.1. The second-order valence-corrected chi connectivity index (χ2v) is 5.78. The molecule has 21 heavy (non-hydrogen) atoms. The largest absolute Gasteiger partial charge is 0.474 e. The Morgan fingerprint density at radius 3 is 2.67 bits per heavy atom. The molecule has 1 aliphatic rings. The molecule has 0 unspecified atom stereocenters. The van der Waals surface area contributed by atoms with Gasteiger partial charge in [-0.25, -0.2) is 4.98 Å². The van der Waals surface area contributed by atoms with Crippen molar-refractivity contribution < 1.29 is 4.74 Å². The van der Waals surface area contributed by atoms with E-state index in [9.17, 15) is 0 Å². The number of piperidine rings is 1. The van der Waals surface area contributed by atoms with Crippen LogP contribution < -0.4 is 10.1 Å². The molecule has 112 valence electrons. The molecule has 2 aromatic rings. The molecule has 0 spiro atoms. The number of fused-ring (bicyclic) bond motifs is 1. The van der Waals surface area contributed by atoms with Gasteiger partial charge in [0.25, 0.3) is 0 Å². The van der Waals surface area contributed by atoms with E-state index in [0.717, 1.165) is 43.7 Å². The Morgan fingerprint density at radius 2 is 1.95 bits per heavy atom. The van der Waals surface area contributed by atoms with Crippen LogP contribution in [0.5, 0.6) is 5.88 Å². The van der Waals surface area contributed by atoms with Crippen molar-refractivity contribution in [2.24, 2.45) is 0 Å². The van der Waals surface area contributed by atoms with E-state index >= 15 is 0 Å². The number of aromatic nitrogens is 1. The first-order valence-corrected chi connectivity index (χ1v) is 7.64. The van der Waals surface area contributed by atoms with Crippen LogP contribution in [0.2, 0.25) is 0 Å². The minimum atomic E-state index is 0.284. The molecule has 0 atom stereocenters. The number of pyridine rings is 1. The number of likely N-dealkylation sites (tertiary alicyclic amines) is 1. The predicted octanol–water partition coefficient (Wildman–Crippen LogP) is 2.43. The van der Waals surface area contributed by atoms with Crippen LogP contribution in [0.1, 0.15) is 18.4 Å². The monoisotopic (exact) mass is 285 g/mol. The SMILES string of the molecule is CNCc1cnc(OC2CCN(C)CC2)c2ccccc12. The Morgan fingerprint density at radius 1 is 1.24 bits per heavy atom. The van der Waals surface area contributed by atoms with Gasteiger partial charge in [0.15, 0.2) is 0 Å². The maximum atomic E-state index is 6.19. The first kappa shape index (κ1) is 14.3. The van der Waals surface area contributed by atoms with Crippen molar-refractivity contribution in [2.45, 2.75) is 25.5 Å². The maximum absolute atomic E-state index is 6.19. The van der Waals surface area contributed by atoms with Crippen molar-refractivity contribution in [1.29, 1.82) is 0 Å². The topological polar surface area (TPSA) is 37.4 Å². The van der Waals surface area contributed by atoms with Gasteiger partial charge in [-0.15, -0.1) is 0 Å². The molecule has 0 saturated carbocycles. The molecule has 1 saturated heterocycles. The van der Waals surface area contributed by atoms with Crippen LogP contribution in [0.15, 0.2) is 30.5 Å². The highest BCUT2D eigenvalue weighted by atomic mass is 16.5. The normalized spacial score (nSPS) is 17.2. The molecular formula is C17H23N3O. The number of nitrogens with zero attached hydrogens (tertiary/aromatic N) is 2. The summed E-state index contributed by atoms with van der Waals surface area (Å²) in [4.78, 5) is 6.91. The van der Waals surface area contributed by atoms with Crippen molar-refractivity contribution in [3.8, 4) is 5.88 Å². The van der Waals surface area contributed by atoms with E-state index in [2.05, 4.69) is 46.5 Å². The summed E-state index contributed by atoms with van der Waals surface area (Å²) in [7, 11) is 4.12. The standard InChI is InChI=1S/C17H23N3O/c1-18-11-13-12-19-17(16-6-4-3-5-15(13)16)21-14-7-9-20(2)10-8-14/h3-6,12,14,18H,7-11H2,1-2H3. The molecule has 1 aliphatic heterocycles. The van der Waals surface area contributed by atoms with Crippen molar-refractivity contribution in [3.05, 3.63) is 36.0 Å². The van der Waals surface area contributed by atoms with Gasteiger partial charge in [-0.3, -0.25) is 0 Å². The second-order valence-electron chi connectivity index (χ2n) is 5.78. The summed E-state index contributed by atoms with van der Waals surface area (Å²) in [6, 6.07) is 8.37. The van der Waals surface area contributed by atoms with Gasteiger partial charge in [-0.1, -0.05) is 18.2 Å². The number of nitrogens with one attached hydrogen (secondary N) is 1. The third kappa shape index (κ3) is 3.17. The minimum Gasteiger partial charge on any atom is -0.474 e. The van der Waals surface area contributed by atoms with Crippen LogP contribution in [-0.2, 0) is 6.54 Å². The lowest BCUT2D eigenvalue weighted by Crippen LogP contribution is -2.35. The Hall–Kier alpha value is -1.65. The summed E-state index contributed by atoms with van der Waals surface area (Å²) in [6.07, 6.45) is 4.37. The number of ether oxygens (including phenoxy) is 1. The van der Waals surface area contributed by atoms with Crippen LogP contribution in [0.25, 0.3) is 10.8 Å². The Bertz CT molecular complexity index is 606. The fourth-order valence-electron chi connectivity index (χ4n) is 2.91. The molecule has 4 heteroatoms. The first-order valence-electron chi connectivity index (χ1n) is 7.64. The van der Waals surface area contributed by atoms with Gasteiger partial charge in [0.05, 0.1) is 0 Å². The quantitative estimate of drug-likeness (QED) is 0.936. The van der Waals surface area contributed by atoms with Crippen LogP contribution in [0.4, 0.5) is 0 Å². The van der Waals surface area contributed by atoms with E-state index in [1.54, 1.807) is 0 Å².